The topological polar surface area (TPSA) is 28.7 Å². The molecule has 1 aromatic heterocycles. The third-order valence-corrected chi connectivity index (χ3v) is 2.48. The summed E-state index contributed by atoms with van der Waals surface area (Å²) in [6, 6.07) is 0. The molecule has 1 N–H and O–H groups in total. The van der Waals surface area contributed by atoms with Gasteiger partial charge in [-0.1, -0.05) is 20.8 Å². The summed E-state index contributed by atoms with van der Waals surface area (Å²) in [6.07, 6.45) is 3.60. The third kappa shape index (κ3) is 1.96. The molecule has 0 aliphatic rings. The molecule has 0 spiro atoms. The zero-order chi connectivity index (χ0) is 8.48. The van der Waals surface area contributed by atoms with Gasteiger partial charge in [0.1, 0.15) is 0 Å². The van der Waals surface area contributed by atoms with E-state index in [-0.39, 0.29) is 10.8 Å². The number of alkyl halides is 1. The third-order valence-electron chi connectivity index (χ3n) is 1.57. The van der Waals surface area contributed by atoms with Crippen molar-refractivity contribution in [2.24, 2.45) is 5.41 Å². The quantitative estimate of drug-likeness (QED) is 0.649. The van der Waals surface area contributed by atoms with Crippen molar-refractivity contribution in [1.82, 2.24) is 10.2 Å². The van der Waals surface area contributed by atoms with E-state index in [0.29, 0.717) is 0 Å². The van der Waals surface area contributed by atoms with Crippen molar-refractivity contribution < 1.29 is 0 Å². The van der Waals surface area contributed by atoms with Gasteiger partial charge in [0, 0.05) is 11.8 Å². The van der Waals surface area contributed by atoms with Gasteiger partial charge in [-0.05, 0) is 5.41 Å². The van der Waals surface area contributed by atoms with Crippen LogP contribution in [0.1, 0.15) is 31.7 Å². The molecule has 1 atom stereocenters. The molecule has 0 saturated carbocycles. The van der Waals surface area contributed by atoms with Crippen LogP contribution in [0.15, 0.2) is 12.4 Å². The predicted molar refractivity (Wildman–Crippen MR) is 46.6 cm³/mol. The summed E-state index contributed by atoms with van der Waals surface area (Å²) in [7, 11) is 0. The zero-order valence-electron chi connectivity index (χ0n) is 7.06. The molecule has 0 radical (unpaired) electrons. The van der Waals surface area contributed by atoms with Gasteiger partial charge in [0.2, 0.25) is 0 Å². The van der Waals surface area contributed by atoms with Gasteiger partial charge >= 0.3 is 0 Å². The number of aromatic nitrogens is 2. The van der Waals surface area contributed by atoms with Crippen LogP contribution in [0.2, 0.25) is 0 Å². The monoisotopic (exact) mass is 172 g/mol. The van der Waals surface area contributed by atoms with Crippen LogP contribution < -0.4 is 0 Å². The highest BCUT2D eigenvalue weighted by Crippen LogP contribution is 2.37. The van der Waals surface area contributed by atoms with Crippen LogP contribution in [-0.4, -0.2) is 10.2 Å². The lowest BCUT2D eigenvalue weighted by Gasteiger charge is -2.23. The minimum Gasteiger partial charge on any atom is -0.285 e. The summed E-state index contributed by atoms with van der Waals surface area (Å²) in [4.78, 5) is 0. The Morgan fingerprint density at radius 3 is 2.55 bits per heavy atom. The predicted octanol–water partition coefficient (Wildman–Crippen LogP) is 2.74. The van der Waals surface area contributed by atoms with Crippen LogP contribution >= 0.6 is 11.6 Å². The minimum absolute atomic E-state index is 0.0289. The molecule has 62 valence electrons. The molecule has 1 aromatic rings. The highest BCUT2D eigenvalue weighted by Gasteiger charge is 2.24. The van der Waals surface area contributed by atoms with Crippen LogP contribution in [-0.2, 0) is 0 Å². The molecule has 3 heteroatoms. The summed E-state index contributed by atoms with van der Waals surface area (Å²) in [5, 5.41) is 6.62. The van der Waals surface area contributed by atoms with E-state index in [9.17, 15) is 0 Å². The minimum atomic E-state index is 0.0289. The standard InChI is InChI=1S/C8H13ClN2/c1-8(2,3)7(9)6-4-10-11-5-6/h4-5,7H,1-3H3,(H,10,11). The first kappa shape index (κ1) is 8.60. The Kier molecular flexibility index (Phi) is 2.23. The summed E-state index contributed by atoms with van der Waals surface area (Å²) in [5.41, 5.74) is 1.14. The Bertz CT molecular complexity index is 210. The van der Waals surface area contributed by atoms with Crippen molar-refractivity contribution in [2.45, 2.75) is 26.1 Å². The molecule has 2 nitrogen and oxygen atoms in total. The second-order valence-electron chi connectivity index (χ2n) is 3.76. The number of nitrogens with one attached hydrogen (secondary N) is 1. The maximum Gasteiger partial charge on any atom is 0.0664 e. The number of hydrogen-bond acceptors (Lipinski definition) is 1. The van der Waals surface area contributed by atoms with Gasteiger partial charge in [-0.15, -0.1) is 11.6 Å². The van der Waals surface area contributed by atoms with Crippen LogP contribution in [0.5, 0.6) is 0 Å². The molecule has 11 heavy (non-hydrogen) atoms. The van der Waals surface area contributed by atoms with Gasteiger partial charge in [-0.2, -0.15) is 5.10 Å². The average Bonchev–Trinajstić information content (AvgIpc) is 2.34. The Morgan fingerprint density at radius 2 is 2.18 bits per heavy atom. The Balaban J connectivity index is 2.78. The molecule has 0 fully saturated rings. The highest BCUT2D eigenvalue weighted by atomic mass is 35.5. The second kappa shape index (κ2) is 2.86. The van der Waals surface area contributed by atoms with Crippen molar-refractivity contribution in [1.29, 1.82) is 0 Å². The molecule has 0 saturated heterocycles. The summed E-state index contributed by atoms with van der Waals surface area (Å²) in [6.45, 7) is 6.33. The summed E-state index contributed by atoms with van der Waals surface area (Å²) < 4.78 is 0. The van der Waals surface area contributed by atoms with E-state index in [0.717, 1.165) is 5.56 Å². The van der Waals surface area contributed by atoms with E-state index in [1.54, 1.807) is 6.20 Å². The molecular formula is C8H13ClN2. The number of hydrogen-bond donors (Lipinski definition) is 1. The van der Waals surface area contributed by atoms with Gasteiger partial charge in [0.15, 0.2) is 0 Å². The van der Waals surface area contributed by atoms with Crippen molar-refractivity contribution in [3.8, 4) is 0 Å². The first-order valence-corrected chi connectivity index (χ1v) is 4.08. The number of rotatable bonds is 1. The van der Waals surface area contributed by atoms with Crippen LogP contribution in [0.3, 0.4) is 0 Å². The Morgan fingerprint density at radius 1 is 1.55 bits per heavy atom. The lowest BCUT2D eigenvalue weighted by Crippen LogP contribution is -2.12. The van der Waals surface area contributed by atoms with E-state index >= 15 is 0 Å². The number of nitrogens with zero attached hydrogens (tertiary/aromatic N) is 1. The van der Waals surface area contributed by atoms with Crippen LogP contribution in [0.4, 0.5) is 0 Å². The highest BCUT2D eigenvalue weighted by molar-refractivity contribution is 6.21. The molecule has 0 bridgehead atoms. The van der Waals surface area contributed by atoms with Crippen molar-refractivity contribution in [3.05, 3.63) is 18.0 Å². The van der Waals surface area contributed by atoms with Crippen LogP contribution in [0.25, 0.3) is 0 Å². The molecule has 1 rings (SSSR count). The lowest BCUT2D eigenvalue weighted by molar-refractivity contribution is 0.396. The van der Waals surface area contributed by atoms with Crippen molar-refractivity contribution in [3.63, 3.8) is 0 Å². The largest absolute Gasteiger partial charge is 0.285 e. The first-order valence-electron chi connectivity index (χ1n) is 3.64. The Hall–Kier alpha value is -0.500. The van der Waals surface area contributed by atoms with Crippen LogP contribution in [0, 0.1) is 5.41 Å². The summed E-state index contributed by atoms with van der Waals surface area (Å²) >= 11 is 6.16. The molecule has 0 aliphatic carbocycles. The number of halogens is 1. The fraction of sp³-hybridized carbons (Fsp3) is 0.625. The van der Waals surface area contributed by atoms with E-state index < -0.39 is 0 Å². The van der Waals surface area contributed by atoms with Gasteiger partial charge < -0.3 is 0 Å². The fourth-order valence-corrected chi connectivity index (χ4v) is 1.02. The molecule has 0 aromatic carbocycles. The van der Waals surface area contributed by atoms with Gasteiger partial charge in [-0.3, -0.25) is 5.10 Å². The molecule has 1 heterocycles. The zero-order valence-corrected chi connectivity index (χ0v) is 7.81. The SMILES string of the molecule is CC(C)(C)C(Cl)c1cn[nH]c1. The lowest BCUT2D eigenvalue weighted by atomic mass is 9.89. The van der Waals surface area contributed by atoms with E-state index in [1.807, 2.05) is 6.20 Å². The van der Waals surface area contributed by atoms with E-state index in [4.69, 9.17) is 11.6 Å². The van der Waals surface area contributed by atoms with Crippen molar-refractivity contribution >= 4 is 11.6 Å². The molecule has 1 unspecified atom stereocenters. The maximum atomic E-state index is 6.16. The van der Waals surface area contributed by atoms with Gasteiger partial charge in [0.25, 0.3) is 0 Å². The Labute approximate surface area is 72.0 Å². The van der Waals surface area contributed by atoms with Gasteiger partial charge in [0.05, 0.1) is 11.6 Å². The maximum absolute atomic E-state index is 6.16. The molecule has 0 amide bonds. The normalized spacial score (nSPS) is 14.9. The fourth-order valence-electron chi connectivity index (χ4n) is 0.899. The first-order chi connectivity index (χ1) is 5.02. The van der Waals surface area contributed by atoms with E-state index in [2.05, 4.69) is 31.0 Å². The molecular weight excluding hydrogens is 160 g/mol. The van der Waals surface area contributed by atoms with Crippen molar-refractivity contribution in [2.75, 3.05) is 0 Å². The van der Waals surface area contributed by atoms with E-state index in [1.165, 1.54) is 0 Å². The number of H-pyrrole nitrogens is 1. The number of aromatic amines is 1. The second-order valence-corrected chi connectivity index (χ2v) is 4.20. The summed E-state index contributed by atoms with van der Waals surface area (Å²) in [5.74, 6) is 0. The molecule has 0 aliphatic heterocycles. The van der Waals surface area contributed by atoms with Gasteiger partial charge in [-0.25, -0.2) is 0 Å². The smallest absolute Gasteiger partial charge is 0.0664 e. The average molecular weight is 173 g/mol.